The fraction of sp³-hybridized carbons (Fsp3) is 0.600. The van der Waals surface area contributed by atoms with Gasteiger partial charge in [0.25, 0.3) is 0 Å². The highest BCUT2D eigenvalue weighted by atomic mass is 19.1. The number of benzene rings is 1. The summed E-state index contributed by atoms with van der Waals surface area (Å²) in [4.78, 5) is 2.43. The number of hydrogen-bond donors (Lipinski definition) is 1. The molecule has 0 saturated carbocycles. The molecular weight excluding hydrogens is 227 g/mol. The monoisotopic (exact) mass is 248 g/mol. The zero-order chi connectivity index (χ0) is 12.4. The minimum absolute atomic E-state index is 0.0255. The molecular formula is C15H21FN2. The summed E-state index contributed by atoms with van der Waals surface area (Å²) in [6.07, 6.45) is 3.53. The largest absolute Gasteiger partial charge is 0.317 e. The second-order valence-corrected chi connectivity index (χ2v) is 5.56. The van der Waals surface area contributed by atoms with Gasteiger partial charge < -0.3 is 5.32 Å². The molecule has 1 aromatic rings. The topological polar surface area (TPSA) is 15.3 Å². The molecule has 1 aromatic carbocycles. The van der Waals surface area contributed by atoms with Crippen molar-refractivity contribution in [3.05, 3.63) is 35.1 Å². The molecule has 3 heteroatoms. The van der Waals surface area contributed by atoms with Gasteiger partial charge in [0, 0.05) is 25.2 Å². The van der Waals surface area contributed by atoms with Crippen LogP contribution in [0.5, 0.6) is 0 Å². The first-order chi connectivity index (χ1) is 8.83. The summed E-state index contributed by atoms with van der Waals surface area (Å²) in [6, 6.07) is 5.49. The van der Waals surface area contributed by atoms with Gasteiger partial charge >= 0.3 is 0 Å². The van der Waals surface area contributed by atoms with Crippen molar-refractivity contribution in [1.29, 1.82) is 0 Å². The zero-order valence-electron chi connectivity index (χ0n) is 10.8. The first-order valence-electron chi connectivity index (χ1n) is 7.02. The molecule has 0 unspecified atom stereocenters. The van der Waals surface area contributed by atoms with E-state index in [0.29, 0.717) is 0 Å². The molecule has 0 aliphatic carbocycles. The van der Waals surface area contributed by atoms with Crippen LogP contribution in [0.1, 0.15) is 24.0 Å². The normalized spacial score (nSPS) is 21.8. The summed E-state index contributed by atoms with van der Waals surface area (Å²) < 4.78 is 13.8. The summed E-state index contributed by atoms with van der Waals surface area (Å²) >= 11 is 0. The first kappa shape index (κ1) is 12.1. The van der Waals surface area contributed by atoms with Crippen LogP contribution in [0.15, 0.2) is 18.2 Å². The Hall–Kier alpha value is -0.930. The highest BCUT2D eigenvalue weighted by Crippen LogP contribution is 2.23. The van der Waals surface area contributed by atoms with Crippen molar-refractivity contribution in [1.82, 2.24) is 10.2 Å². The first-order valence-corrected chi connectivity index (χ1v) is 7.02. The Balaban J connectivity index is 1.65. The Bertz CT molecular complexity index is 413. The summed E-state index contributed by atoms with van der Waals surface area (Å²) in [5.41, 5.74) is 2.13. The van der Waals surface area contributed by atoms with E-state index < -0.39 is 0 Å². The maximum atomic E-state index is 13.8. The molecule has 0 aromatic heterocycles. The number of nitrogens with one attached hydrogen (secondary N) is 1. The standard InChI is InChI=1S/C15H21FN2/c16-15-3-1-2-13-6-9-18(11-14(13)15)10-12-4-7-17-8-5-12/h1-3,12,17H,4-11H2. The quantitative estimate of drug-likeness (QED) is 0.863. The van der Waals surface area contributed by atoms with Crippen LogP contribution in [0.4, 0.5) is 4.39 Å². The lowest BCUT2D eigenvalue weighted by molar-refractivity contribution is 0.189. The van der Waals surface area contributed by atoms with E-state index in [-0.39, 0.29) is 5.82 Å². The van der Waals surface area contributed by atoms with E-state index in [1.807, 2.05) is 6.07 Å². The molecule has 0 radical (unpaired) electrons. The summed E-state index contributed by atoms with van der Waals surface area (Å²) in [5, 5.41) is 3.40. The number of fused-ring (bicyclic) bond motifs is 1. The Morgan fingerprint density at radius 3 is 2.94 bits per heavy atom. The van der Waals surface area contributed by atoms with Gasteiger partial charge in [0.15, 0.2) is 0 Å². The number of halogens is 1. The molecule has 0 amide bonds. The SMILES string of the molecule is Fc1cccc2c1CN(CC1CCNCC1)CC2. The van der Waals surface area contributed by atoms with Crippen molar-refractivity contribution in [3.8, 4) is 0 Å². The highest BCUT2D eigenvalue weighted by molar-refractivity contribution is 5.30. The molecule has 2 aliphatic rings. The molecule has 0 bridgehead atoms. The van der Waals surface area contributed by atoms with Crippen LogP contribution in [0, 0.1) is 11.7 Å². The van der Waals surface area contributed by atoms with E-state index in [0.717, 1.165) is 50.6 Å². The Morgan fingerprint density at radius 2 is 2.11 bits per heavy atom. The maximum Gasteiger partial charge on any atom is 0.127 e. The molecule has 18 heavy (non-hydrogen) atoms. The lowest BCUT2D eigenvalue weighted by Gasteiger charge is -2.33. The van der Waals surface area contributed by atoms with Crippen LogP contribution < -0.4 is 5.32 Å². The minimum Gasteiger partial charge on any atom is -0.317 e. The molecule has 2 heterocycles. The zero-order valence-corrected chi connectivity index (χ0v) is 10.8. The second kappa shape index (κ2) is 5.37. The van der Waals surface area contributed by atoms with Gasteiger partial charge in [-0.25, -0.2) is 4.39 Å². The fourth-order valence-corrected chi connectivity index (χ4v) is 3.18. The van der Waals surface area contributed by atoms with E-state index in [2.05, 4.69) is 16.3 Å². The summed E-state index contributed by atoms with van der Waals surface area (Å²) in [6.45, 7) is 5.30. The van der Waals surface area contributed by atoms with E-state index in [1.54, 1.807) is 6.07 Å². The summed E-state index contributed by atoms with van der Waals surface area (Å²) in [7, 11) is 0. The molecule has 0 atom stereocenters. The Morgan fingerprint density at radius 1 is 1.28 bits per heavy atom. The van der Waals surface area contributed by atoms with Crippen molar-refractivity contribution in [2.75, 3.05) is 26.2 Å². The van der Waals surface area contributed by atoms with Crippen molar-refractivity contribution in [2.45, 2.75) is 25.8 Å². The number of nitrogens with zero attached hydrogens (tertiary/aromatic N) is 1. The maximum absolute atomic E-state index is 13.8. The van der Waals surface area contributed by atoms with Gasteiger partial charge in [0.2, 0.25) is 0 Å². The number of piperidine rings is 1. The Labute approximate surface area is 108 Å². The van der Waals surface area contributed by atoms with Crippen molar-refractivity contribution < 1.29 is 4.39 Å². The van der Waals surface area contributed by atoms with E-state index in [9.17, 15) is 4.39 Å². The Kier molecular flexibility index (Phi) is 3.62. The third kappa shape index (κ3) is 2.57. The molecule has 3 rings (SSSR count). The second-order valence-electron chi connectivity index (χ2n) is 5.56. The molecule has 1 N–H and O–H groups in total. The van der Waals surface area contributed by atoms with Crippen LogP contribution in [-0.4, -0.2) is 31.1 Å². The van der Waals surface area contributed by atoms with Gasteiger partial charge in [0.05, 0.1) is 0 Å². The van der Waals surface area contributed by atoms with Crippen LogP contribution in [0.2, 0.25) is 0 Å². The van der Waals surface area contributed by atoms with Gasteiger partial charge in [-0.15, -0.1) is 0 Å². The van der Waals surface area contributed by atoms with Gasteiger partial charge in [-0.2, -0.15) is 0 Å². The third-order valence-corrected chi connectivity index (χ3v) is 4.27. The number of hydrogen-bond acceptors (Lipinski definition) is 2. The van der Waals surface area contributed by atoms with Gasteiger partial charge in [0.1, 0.15) is 5.82 Å². The molecule has 1 fully saturated rings. The van der Waals surface area contributed by atoms with E-state index in [4.69, 9.17) is 0 Å². The average molecular weight is 248 g/mol. The molecule has 2 nitrogen and oxygen atoms in total. The predicted molar refractivity (Wildman–Crippen MR) is 71.0 cm³/mol. The molecule has 2 aliphatic heterocycles. The van der Waals surface area contributed by atoms with Crippen molar-refractivity contribution >= 4 is 0 Å². The molecule has 1 saturated heterocycles. The van der Waals surface area contributed by atoms with Gasteiger partial charge in [-0.05, 0) is 49.9 Å². The van der Waals surface area contributed by atoms with E-state index in [1.165, 1.54) is 18.4 Å². The predicted octanol–water partition coefficient (Wildman–Crippen LogP) is 2.18. The van der Waals surface area contributed by atoms with Crippen molar-refractivity contribution in [3.63, 3.8) is 0 Å². The van der Waals surface area contributed by atoms with E-state index >= 15 is 0 Å². The number of rotatable bonds is 2. The van der Waals surface area contributed by atoms with Crippen LogP contribution in [0.25, 0.3) is 0 Å². The lowest BCUT2D eigenvalue weighted by Crippen LogP contribution is -2.38. The van der Waals surface area contributed by atoms with Crippen molar-refractivity contribution in [2.24, 2.45) is 5.92 Å². The van der Waals surface area contributed by atoms with Gasteiger partial charge in [-0.3, -0.25) is 4.90 Å². The smallest absolute Gasteiger partial charge is 0.127 e. The van der Waals surface area contributed by atoms with Crippen LogP contribution in [-0.2, 0) is 13.0 Å². The van der Waals surface area contributed by atoms with Crippen LogP contribution in [0.3, 0.4) is 0 Å². The minimum atomic E-state index is -0.0255. The summed E-state index contributed by atoms with van der Waals surface area (Å²) in [5.74, 6) is 0.766. The lowest BCUT2D eigenvalue weighted by atomic mass is 9.94. The fourth-order valence-electron chi connectivity index (χ4n) is 3.18. The highest BCUT2D eigenvalue weighted by Gasteiger charge is 2.22. The molecule has 98 valence electrons. The third-order valence-electron chi connectivity index (χ3n) is 4.27. The average Bonchev–Trinajstić information content (AvgIpc) is 2.41. The van der Waals surface area contributed by atoms with Crippen LogP contribution >= 0.6 is 0 Å². The van der Waals surface area contributed by atoms with Gasteiger partial charge in [-0.1, -0.05) is 12.1 Å². The molecule has 0 spiro atoms.